The maximum Gasteiger partial charge on any atom is 0.0726 e. The second-order valence-electron chi connectivity index (χ2n) is 16.0. The molecule has 286 valence electrons. The van der Waals surface area contributed by atoms with Crippen molar-refractivity contribution in [3.63, 3.8) is 0 Å². The first-order valence-corrected chi connectivity index (χ1v) is 24.2. The summed E-state index contributed by atoms with van der Waals surface area (Å²) in [6, 6.07) is 4.55. The third kappa shape index (κ3) is 28.0. The molecule has 0 bridgehead atoms. The Morgan fingerprint density at radius 3 is 0.918 bits per heavy atom. The van der Waals surface area contributed by atoms with E-state index in [2.05, 4.69) is 40.0 Å². The van der Waals surface area contributed by atoms with Crippen molar-refractivity contribution in [1.82, 2.24) is 4.98 Å². The van der Waals surface area contributed by atoms with Crippen LogP contribution in [-0.2, 0) is 6.42 Å². The van der Waals surface area contributed by atoms with Crippen molar-refractivity contribution < 1.29 is 0 Å². The average Bonchev–Trinajstić information content (AvgIpc) is 3.64. The van der Waals surface area contributed by atoms with Crippen molar-refractivity contribution in [2.24, 2.45) is 0 Å². The van der Waals surface area contributed by atoms with Crippen LogP contribution in [0.4, 0.5) is 0 Å². The molecule has 3 heteroatoms. The Hall–Kier alpha value is -0.280. The Kier molecular flexibility index (Phi) is 31.9. The molecule has 0 aromatic carbocycles. The molecular weight excluding hydrogens is 678 g/mol. The van der Waals surface area contributed by atoms with Crippen LogP contribution >= 0.6 is 27.3 Å². The van der Waals surface area contributed by atoms with Crippen LogP contribution in [0.15, 0.2) is 15.9 Å². The average molecular weight is 763 g/mol. The Bertz CT molecular complexity index is 899. The molecule has 0 aliphatic rings. The zero-order valence-electron chi connectivity index (χ0n) is 33.0. The van der Waals surface area contributed by atoms with E-state index in [4.69, 9.17) is 0 Å². The van der Waals surface area contributed by atoms with Gasteiger partial charge in [-0.2, -0.15) is 0 Å². The molecular formula is C46H84BrNS. The lowest BCUT2D eigenvalue weighted by atomic mass is 10.0. The number of rotatable bonds is 39. The number of aromatic nitrogens is 1. The van der Waals surface area contributed by atoms with Gasteiger partial charge in [-0.1, -0.05) is 244 Å². The van der Waals surface area contributed by atoms with Gasteiger partial charge in [0, 0.05) is 5.69 Å². The summed E-state index contributed by atoms with van der Waals surface area (Å²) in [5, 5.41) is 0. The minimum absolute atomic E-state index is 1.21. The predicted molar refractivity (Wildman–Crippen MR) is 229 cm³/mol. The molecule has 1 nitrogen and oxygen atoms in total. The number of aryl methyl sites for hydroxylation is 1. The van der Waals surface area contributed by atoms with Gasteiger partial charge in [-0.05, 0) is 40.9 Å². The first-order valence-electron chi connectivity index (χ1n) is 22.6. The molecule has 0 unspecified atom stereocenters. The fourth-order valence-electron chi connectivity index (χ4n) is 7.83. The van der Waals surface area contributed by atoms with Gasteiger partial charge in [0.25, 0.3) is 0 Å². The van der Waals surface area contributed by atoms with Crippen molar-refractivity contribution in [2.45, 2.75) is 257 Å². The van der Waals surface area contributed by atoms with E-state index in [1.807, 2.05) is 11.3 Å². The number of fused-ring (bicyclic) bond motifs is 1. The lowest BCUT2D eigenvalue weighted by molar-refractivity contribution is 0.510. The predicted octanol–water partition coefficient (Wildman–Crippen LogP) is 18.4. The largest absolute Gasteiger partial charge is 0.358 e. The topological polar surface area (TPSA) is 15.8 Å². The number of hydrogen-bond donors (Lipinski definition) is 1. The highest BCUT2D eigenvalue weighted by Crippen LogP contribution is 2.30. The number of nitrogens with one attached hydrogen (secondary N) is 1. The van der Waals surface area contributed by atoms with Crippen LogP contribution in [0.5, 0.6) is 0 Å². The lowest BCUT2D eigenvalue weighted by Crippen LogP contribution is -1.87. The van der Waals surface area contributed by atoms with Crippen LogP contribution in [-0.4, -0.2) is 4.98 Å². The van der Waals surface area contributed by atoms with Crippen molar-refractivity contribution in [1.29, 1.82) is 0 Å². The fraction of sp³-hybridized carbons (Fsp3) is 0.870. The molecule has 0 fully saturated rings. The molecule has 0 saturated heterocycles. The molecule has 2 rings (SSSR count). The maximum absolute atomic E-state index is 3.58. The van der Waals surface area contributed by atoms with E-state index in [0.29, 0.717) is 0 Å². The summed E-state index contributed by atoms with van der Waals surface area (Å²) < 4.78 is 2.61. The van der Waals surface area contributed by atoms with Crippen LogP contribution in [0.25, 0.3) is 10.2 Å². The number of hydrogen-bond acceptors (Lipinski definition) is 1. The van der Waals surface area contributed by atoms with Gasteiger partial charge in [0.2, 0.25) is 0 Å². The highest BCUT2D eigenvalue weighted by molar-refractivity contribution is 9.11. The number of thiophene rings is 1. The number of halogens is 1. The van der Waals surface area contributed by atoms with Crippen LogP contribution in [0.1, 0.15) is 257 Å². The standard InChI is InChI=1S/C46H84BrNS/c1-2-3-4-5-6-7-8-9-10-11-12-13-14-15-16-17-18-19-20-21-22-23-24-25-26-27-28-29-30-31-32-33-34-35-36-37-38-39-40-43-41-45-44(48-43)42-46(47)49-45/h41-42,48H,2-40H2,1H3. The highest BCUT2D eigenvalue weighted by atomic mass is 79.9. The van der Waals surface area contributed by atoms with E-state index in [0.717, 1.165) is 0 Å². The fourth-order valence-corrected chi connectivity index (χ4v) is 9.39. The molecule has 0 saturated carbocycles. The first kappa shape index (κ1) is 44.9. The lowest BCUT2D eigenvalue weighted by Gasteiger charge is -2.05. The second-order valence-corrected chi connectivity index (χ2v) is 18.4. The summed E-state index contributed by atoms with van der Waals surface area (Å²) in [7, 11) is 0. The SMILES string of the molecule is CCCCCCCCCCCCCCCCCCCCCCCCCCCCCCCCCCCCCCCCc1cc2sc(Br)cc2[nH]1. The molecule has 2 aromatic heterocycles. The van der Waals surface area contributed by atoms with E-state index in [1.165, 1.54) is 270 Å². The summed E-state index contributed by atoms with van der Waals surface area (Å²) in [4.78, 5) is 3.58. The van der Waals surface area contributed by atoms with Gasteiger partial charge in [-0.25, -0.2) is 0 Å². The smallest absolute Gasteiger partial charge is 0.0726 e. The third-order valence-corrected chi connectivity index (χ3v) is 12.7. The van der Waals surface area contributed by atoms with Crippen LogP contribution in [0.3, 0.4) is 0 Å². The Morgan fingerprint density at radius 1 is 0.388 bits per heavy atom. The number of aromatic amines is 1. The minimum atomic E-state index is 1.21. The minimum Gasteiger partial charge on any atom is -0.358 e. The van der Waals surface area contributed by atoms with Gasteiger partial charge in [0.05, 0.1) is 14.0 Å². The van der Waals surface area contributed by atoms with Crippen molar-refractivity contribution in [3.8, 4) is 0 Å². The molecule has 0 aliphatic carbocycles. The Morgan fingerprint density at radius 2 is 0.653 bits per heavy atom. The highest BCUT2D eigenvalue weighted by Gasteiger charge is 2.04. The van der Waals surface area contributed by atoms with Crippen molar-refractivity contribution in [2.75, 3.05) is 0 Å². The monoisotopic (exact) mass is 762 g/mol. The second kappa shape index (κ2) is 34.8. The zero-order valence-corrected chi connectivity index (χ0v) is 35.4. The summed E-state index contributed by atoms with van der Waals surface area (Å²) in [5.74, 6) is 0. The maximum atomic E-state index is 3.58. The van der Waals surface area contributed by atoms with Crippen LogP contribution < -0.4 is 0 Å². The van der Waals surface area contributed by atoms with Crippen LogP contribution in [0.2, 0.25) is 0 Å². The van der Waals surface area contributed by atoms with E-state index in [9.17, 15) is 0 Å². The summed E-state index contributed by atoms with van der Waals surface area (Å²) in [5.41, 5.74) is 2.71. The van der Waals surface area contributed by atoms with E-state index in [1.54, 1.807) is 0 Å². The summed E-state index contributed by atoms with van der Waals surface area (Å²) >= 11 is 5.41. The molecule has 49 heavy (non-hydrogen) atoms. The molecule has 2 aromatic rings. The van der Waals surface area contributed by atoms with Gasteiger partial charge in [0.1, 0.15) is 0 Å². The van der Waals surface area contributed by atoms with Gasteiger partial charge < -0.3 is 4.98 Å². The normalized spacial score (nSPS) is 11.8. The molecule has 0 radical (unpaired) electrons. The molecule has 0 spiro atoms. The van der Waals surface area contributed by atoms with Crippen molar-refractivity contribution in [3.05, 3.63) is 21.6 Å². The summed E-state index contributed by atoms with van der Waals surface area (Å²) in [6.45, 7) is 2.31. The number of H-pyrrole nitrogens is 1. The first-order chi connectivity index (χ1) is 24.3. The quantitative estimate of drug-likeness (QED) is 0.0653. The van der Waals surface area contributed by atoms with Gasteiger partial charge in [-0.3, -0.25) is 0 Å². The Balaban J connectivity index is 1.14. The summed E-state index contributed by atoms with van der Waals surface area (Å²) in [6.07, 6.45) is 57.1. The Labute approximate surface area is 319 Å². The third-order valence-electron chi connectivity index (χ3n) is 11.1. The van der Waals surface area contributed by atoms with Crippen molar-refractivity contribution >= 4 is 37.5 Å². The molecule has 0 atom stereocenters. The number of unbranched alkanes of at least 4 members (excludes halogenated alkanes) is 37. The van der Waals surface area contributed by atoms with E-state index in [-0.39, 0.29) is 0 Å². The van der Waals surface area contributed by atoms with Crippen LogP contribution in [0, 0.1) is 0 Å². The molecule has 0 aliphatic heterocycles. The molecule has 1 N–H and O–H groups in total. The van der Waals surface area contributed by atoms with Gasteiger partial charge in [-0.15, -0.1) is 11.3 Å². The molecule has 2 heterocycles. The molecule has 0 amide bonds. The zero-order chi connectivity index (χ0) is 34.7. The van der Waals surface area contributed by atoms with Gasteiger partial charge in [0.15, 0.2) is 0 Å². The van der Waals surface area contributed by atoms with Gasteiger partial charge >= 0.3 is 0 Å². The van der Waals surface area contributed by atoms with E-state index < -0.39 is 0 Å². The van der Waals surface area contributed by atoms with E-state index >= 15 is 0 Å².